The quantitative estimate of drug-likeness (QED) is 0.450. The Kier molecular flexibility index (Phi) is 1.14. The van der Waals surface area contributed by atoms with Crippen molar-refractivity contribution in [3.8, 4) is 0 Å². The molecular formula is C6H9AlN2. The third-order valence-electron chi connectivity index (χ3n) is 1.85. The van der Waals surface area contributed by atoms with Crippen LogP contribution in [0.5, 0.6) is 0 Å². The lowest BCUT2D eigenvalue weighted by Crippen LogP contribution is -1.92. The Bertz CT molecular complexity index is 207. The van der Waals surface area contributed by atoms with Crippen molar-refractivity contribution in [3.63, 3.8) is 0 Å². The van der Waals surface area contributed by atoms with Crippen LogP contribution in [-0.4, -0.2) is 25.3 Å². The van der Waals surface area contributed by atoms with Crippen LogP contribution in [0.2, 0.25) is 0 Å². The van der Waals surface area contributed by atoms with Gasteiger partial charge in [0.1, 0.15) is 0 Å². The molecule has 0 saturated heterocycles. The summed E-state index contributed by atoms with van der Waals surface area (Å²) in [6.07, 6.45) is 5.98. The Hall–Kier alpha value is -0.258. The molecule has 1 aliphatic rings. The lowest BCUT2D eigenvalue weighted by Gasteiger charge is -1.86. The first-order chi connectivity index (χ1) is 4.36. The topological polar surface area (TPSA) is 17.8 Å². The van der Waals surface area contributed by atoms with Crippen molar-refractivity contribution in [2.75, 3.05) is 0 Å². The van der Waals surface area contributed by atoms with Gasteiger partial charge in [0, 0.05) is 0 Å². The zero-order valence-electron chi connectivity index (χ0n) is 5.59. The highest BCUT2D eigenvalue weighted by Crippen LogP contribution is 2.18. The van der Waals surface area contributed by atoms with Gasteiger partial charge >= 0.3 is 16.5 Å². The van der Waals surface area contributed by atoms with Crippen molar-refractivity contribution in [3.05, 3.63) is 17.5 Å². The van der Waals surface area contributed by atoms with E-state index in [2.05, 4.69) is 11.3 Å². The largest absolute Gasteiger partial charge is 0.397 e. The summed E-state index contributed by atoms with van der Waals surface area (Å²) in [7, 11) is 0. The van der Waals surface area contributed by atoms with Crippen molar-refractivity contribution >= 4 is 16.5 Å². The van der Waals surface area contributed by atoms with E-state index in [0.717, 1.165) is 16.5 Å². The average molecular weight is 136 g/mol. The van der Waals surface area contributed by atoms with E-state index in [1.54, 1.807) is 0 Å². The standard InChI is InChI=1S/C6H7N2.Al.2H/c1-2-5-4-7-8-6(5)3-1;;;/h4H,1-3H2;;;/q-1;+1;;. The summed E-state index contributed by atoms with van der Waals surface area (Å²) in [5, 5.41) is 4.37. The molecule has 0 atom stereocenters. The van der Waals surface area contributed by atoms with E-state index in [1.165, 1.54) is 30.5 Å². The Labute approximate surface area is 62.5 Å². The summed E-state index contributed by atoms with van der Waals surface area (Å²) in [6, 6.07) is 0. The van der Waals surface area contributed by atoms with Gasteiger partial charge in [-0.2, -0.15) is 0 Å². The van der Waals surface area contributed by atoms with Crippen LogP contribution in [0.4, 0.5) is 0 Å². The number of hydrogen-bond donors (Lipinski definition) is 0. The molecule has 1 aromatic heterocycles. The maximum atomic E-state index is 4.37. The maximum Gasteiger partial charge on any atom is 0.397 e. The number of hydrogen-bond acceptors (Lipinski definition) is 1. The lowest BCUT2D eigenvalue weighted by atomic mass is 10.3. The molecule has 0 N–H and O–H groups in total. The van der Waals surface area contributed by atoms with Gasteiger partial charge in [0.15, 0.2) is 0 Å². The first-order valence-electron chi connectivity index (χ1n) is 3.37. The molecule has 0 aromatic carbocycles. The molecule has 0 fully saturated rings. The van der Waals surface area contributed by atoms with Gasteiger partial charge in [0.25, 0.3) is 0 Å². The van der Waals surface area contributed by atoms with Crippen LogP contribution >= 0.6 is 0 Å². The van der Waals surface area contributed by atoms with E-state index in [9.17, 15) is 0 Å². The van der Waals surface area contributed by atoms with Crippen molar-refractivity contribution < 1.29 is 0 Å². The molecule has 0 spiro atoms. The monoisotopic (exact) mass is 136 g/mol. The van der Waals surface area contributed by atoms with E-state index >= 15 is 0 Å². The molecule has 3 heteroatoms. The zero-order chi connectivity index (χ0) is 6.27. The van der Waals surface area contributed by atoms with Crippen LogP contribution in [0.3, 0.4) is 0 Å². The number of aryl methyl sites for hydroxylation is 2. The SMILES string of the molecule is [AlH2][n]1cc2c(n1)CCC2. The van der Waals surface area contributed by atoms with Gasteiger partial charge < -0.3 is 3.67 Å². The van der Waals surface area contributed by atoms with Crippen molar-refractivity contribution in [2.24, 2.45) is 0 Å². The van der Waals surface area contributed by atoms with E-state index in [-0.39, 0.29) is 0 Å². The molecule has 9 heavy (non-hydrogen) atoms. The predicted octanol–water partition coefficient (Wildman–Crippen LogP) is -0.232. The molecule has 0 aliphatic heterocycles. The number of fused-ring (bicyclic) bond motifs is 1. The van der Waals surface area contributed by atoms with E-state index in [0.29, 0.717) is 0 Å². The Balaban J connectivity index is 2.51. The first kappa shape index (κ1) is 5.52. The van der Waals surface area contributed by atoms with Crippen LogP contribution in [0.25, 0.3) is 0 Å². The molecule has 1 heterocycles. The van der Waals surface area contributed by atoms with E-state index in [4.69, 9.17) is 0 Å². The third-order valence-corrected chi connectivity index (χ3v) is 2.31. The second kappa shape index (κ2) is 1.86. The zero-order valence-corrected chi connectivity index (χ0v) is 7.59. The molecule has 2 nitrogen and oxygen atoms in total. The van der Waals surface area contributed by atoms with Gasteiger partial charge in [-0.3, -0.25) is 0 Å². The minimum Gasteiger partial charge on any atom is -0.374 e. The van der Waals surface area contributed by atoms with Gasteiger partial charge in [-0.05, 0) is 31.0 Å². The lowest BCUT2D eigenvalue weighted by molar-refractivity contribution is 0.843. The molecule has 1 aliphatic carbocycles. The van der Waals surface area contributed by atoms with Crippen LogP contribution in [0.1, 0.15) is 17.7 Å². The molecule has 2 rings (SSSR count). The molecule has 0 unspecified atom stereocenters. The molecule has 0 amide bonds. The van der Waals surface area contributed by atoms with Gasteiger partial charge in [0.05, 0.1) is 5.69 Å². The van der Waals surface area contributed by atoms with Crippen molar-refractivity contribution in [2.45, 2.75) is 19.3 Å². The normalized spacial score (nSPS) is 16.0. The van der Waals surface area contributed by atoms with Crippen molar-refractivity contribution in [1.82, 2.24) is 8.76 Å². The summed E-state index contributed by atoms with van der Waals surface area (Å²) in [4.78, 5) is 0. The Morgan fingerprint density at radius 2 is 2.44 bits per heavy atom. The summed E-state index contributed by atoms with van der Waals surface area (Å²) in [6.45, 7) is 0. The predicted molar refractivity (Wildman–Crippen MR) is 38.2 cm³/mol. The highest BCUT2D eigenvalue weighted by Gasteiger charge is 2.12. The fraction of sp³-hybridized carbons (Fsp3) is 0.500. The highest BCUT2D eigenvalue weighted by atomic mass is 27.1. The summed E-state index contributed by atoms with van der Waals surface area (Å²) in [5.74, 6) is 0. The Morgan fingerprint density at radius 1 is 1.56 bits per heavy atom. The fourth-order valence-electron chi connectivity index (χ4n) is 1.45. The smallest absolute Gasteiger partial charge is 0.374 e. The molecule has 0 radical (unpaired) electrons. The summed E-state index contributed by atoms with van der Waals surface area (Å²) < 4.78 is 2.05. The van der Waals surface area contributed by atoms with E-state index in [1.807, 2.05) is 3.67 Å². The minimum atomic E-state index is 1.04. The van der Waals surface area contributed by atoms with Crippen molar-refractivity contribution in [1.29, 1.82) is 0 Å². The van der Waals surface area contributed by atoms with Crippen LogP contribution < -0.4 is 0 Å². The number of rotatable bonds is 0. The molecule has 46 valence electrons. The minimum absolute atomic E-state index is 1.04. The second-order valence-corrected chi connectivity index (χ2v) is 3.54. The molecule has 0 saturated carbocycles. The third kappa shape index (κ3) is 0.811. The second-order valence-electron chi connectivity index (χ2n) is 2.63. The Morgan fingerprint density at radius 3 is 3.22 bits per heavy atom. The van der Waals surface area contributed by atoms with Gasteiger partial charge in [-0.25, -0.2) is 5.10 Å². The number of nitrogens with zero attached hydrogens (tertiary/aromatic N) is 2. The average Bonchev–Trinajstić information content (AvgIpc) is 2.22. The summed E-state index contributed by atoms with van der Waals surface area (Å²) >= 11 is 1.04. The molecule has 0 bridgehead atoms. The van der Waals surface area contributed by atoms with Gasteiger partial charge in [-0.1, -0.05) is 0 Å². The van der Waals surface area contributed by atoms with Crippen LogP contribution in [-0.2, 0) is 12.8 Å². The number of aromatic nitrogens is 2. The van der Waals surface area contributed by atoms with Crippen LogP contribution in [0, 0.1) is 0 Å². The fourth-order valence-corrected chi connectivity index (χ4v) is 2.00. The molecular weight excluding hydrogens is 127 g/mol. The molecule has 1 aromatic rings. The highest BCUT2D eigenvalue weighted by molar-refractivity contribution is 6.05. The first-order valence-corrected chi connectivity index (χ1v) is 4.27. The van der Waals surface area contributed by atoms with Crippen LogP contribution in [0.15, 0.2) is 6.20 Å². The maximum absolute atomic E-state index is 4.37. The van der Waals surface area contributed by atoms with Gasteiger partial charge in [0.2, 0.25) is 0 Å². The van der Waals surface area contributed by atoms with Gasteiger partial charge in [-0.15, -0.1) is 0 Å². The summed E-state index contributed by atoms with van der Waals surface area (Å²) in [5.41, 5.74) is 2.84. The van der Waals surface area contributed by atoms with E-state index < -0.39 is 0 Å².